The topological polar surface area (TPSA) is 21.3 Å². The van der Waals surface area contributed by atoms with Crippen LogP contribution in [0.5, 0.6) is 5.75 Å². The average Bonchev–Trinajstić information content (AvgIpc) is 2.59. The number of benzene rings is 2. The summed E-state index contributed by atoms with van der Waals surface area (Å²) in [5, 5.41) is 3.55. The van der Waals surface area contributed by atoms with Crippen LogP contribution in [0.1, 0.15) is 55.7 Å². The SMILES string of the molecule is CCCCCCCOc1ccc(CNc2c(C)cccc2C)cc1. The maximum Gasteiger partial charge on any atom is 0.119 e. The number of unbranched alkanes of at least 4 members (excludes halogenated alkanes) is 4. The van der Waals surface area contributed by atoms with Gasteiger partial charge in [-0.3, -0.25) is 0 Å². The van der Waals surface area contributed by atoms with Crippen LogP contribution in [-0.4, -0.2) is 6.61 Å². The number of hydrogen-bond donors (Lipinski definition) is 1. The van der Waals surface area contributed by atoms with E-state index in [9.17, 15) is 0 Å². The van der Waals surface area contributed by atoms with Gasteiger partial charge in [0.25, 0.3) is 0 Å². The molecule has 2 aromatic carbocycles. The molecule has 0 unspecified atom stereocenters. The molecule has 0 bridgehead atoms. The molecular formula is C22H31NO. The predicted octanol–water partition coefficient (Wildman–Crippen LogP) is 6.26. The van der Waals surface area contributed by atoms with Crippen molar-refractivity contribution in [3.8, 4) is 5.75 Å². The van der Waals surface area contributed by atoms with E-state index in [1.807, 2.05) is 0 Å². The van der Waals surface area contributed by atoms with Crippen LogP contribution >= 0.6 is 0 Å². The monoisotopic (exact) mass is 325 g/mol. The third-order valence-electron chi connectivity index (χ3n) is 4.39. The maximum atomic E-state index is 5.82. The first kappa shape index (κ1) is 18.4. The third-order valence-corrected chi connectivity index (χ3v) is 4.39. The van der Waals surface area contributed by atoms with E-state index in [1.165, 1.54) is 48.1 Å². The molecule has 0 radical (unpaired) electrons. The largest absolute Gasteiger partial charge is 0.494 e. The lowest BCUT2D eigenvalue weighted by Gasteiger charge is -2.13. The highest BCUT2D eigenvalue weighted by molar-refractivity contribution is 5.56. The van der Waals surface area contributed by atoms with Gasteiger partial charge in [0.15, 0.2) is 0 Å². The summed E-state index contributed by atoms with van der Waals surface area (Å²) >= 11 is 0. The Labute approximate surface area is 147 Å². The van der Waals surface area contributed by atoms with Gasteiger partial charge < -0.3 is 10.1 Å². The Hall–Kier alpha value is -1.96. The molecular weight excluding hydrogens is 294 g/mol. The minimum absolute atomic E-state index is 0.823. The normalized spacial score (nSPS) is 10.6. The quantitative estimate of drug-likeness (QED) is 0.520. The van der Waals surface area contributed by atoms with Crippen molar-refractivity contribution in [2.24, 2.45) is 0 Å². The summed E-state index contributed by atoms with van der Waals surface area (Å²) in [4.78, 5) is 0. The van der Waals surface area contributed by atoms with E-state index in [0.29, 0.717) is 0 Å². The molecule has 24 heavy (non-hydrogen) atoms. The van der Waals surface area contributed by atoms with Crippen molar-refractivity contribution in [2.75, 3.05) is 11.9 Å². The second-order valence-corrected chi connectivity index (χ2v) is 6.53. The molecule has 2 aromatic rings. The van der Waals surface area contributed by atoms with Crippen molar-refractivity contribution < 1.29 is 4.74 Å². The number of hydrogen-bond acceptors (Lipinski definition) is 2. The molecule has 0 aliphatic carbocycles. The Morgan fingerprint density at radius 1 is 0.833 bits per heavy atom. The molecule has 0 saturated carbocycles. The lowest BCUT2D eigenvalue weighted by Crippen LogP contribution is -2.03. The second-order valence-electron chi connectivity index (χ2n) is 6.53. The second kappa shape index (κ2) is 10.0. The molecule has 0 saturated heterocycles. The fourth-order valence-corrected chi connectivity index (χ4v) is 2.88. The fraction of sp³-hybridized carbons (Fsp3) is 0.455. The van der Waals surface area contributed by atoms with Crippen LogP contribution in [-0.2, 0) is 6.54 Å². The summed E-state index contributed by atoms with van der Waals surface area (Å²) in [6, 6.07) is 14.8. The predicted molar refractivity (Wildman–Crippen MR) is 104 cm³/mol. The van der Waals surface area contributed by atoms with Crippen LogP contribution in [0, 0.1) is 13.8 Å². The van der Waals surface area contributed by atoms with Crippen molar-refractivity contribution in [1.29, 1.82) is 0 Å². The van der Waals surface area contributed by atoms with Crippen molar-refractivity contribution >= 4 is 5.69 Å². The van der Waals surface area contributed by atoms with Crippen molar-refractivity contribution in [2.45, 2.75) is 59.4 Å². The summed E-state index contributed by atoms with van der Waals surface area (Å²) in [5.74, 6) is 0.973. The van der Waals surface area contributed by atoms with E-state index >= 15 is 0 Å². The summed E-state index contributed by atoms with van der Waals surface area (Å²) in [7, 11) is 0. The Bertz CT molecular complexity index is 584. The first-order valence-electron chi connectivity index (χ1n) is 9.22. The minimum atomic E-state index is 0.823. The molecule has 2 heteroatoms. The highest BCUT2D eigenvalue weighted by Gasteiger charge is 2.02. The van der Waals surface area contributed by atoms with Crippen molar-refractivity contribution in [1.82, 2.24) is 0 Å². The van der Waals surface area contributed by atoms with Crippen LogP contribution in [0.25, 0.3) is 0 Å². The molecule has 0 atom stereocenters. The summed E-state index contributed by atoms with van der Waals surface area (Å²) in [5.41, 5.74) is 5.09. The van der Waals surface area contributed by atoms with Gasteiger partial charge in [-0.15, -0.1) is 0 Å². The number of para-hydroxylation sites is 1. The molecule has 0 spiro atoms. The maximum absolute atomic E-state index is 5.82. The van der Waals surface area contributed by atoms with Crippen molar-refractivity contribution in [3.05, 3.63) is 59.2 Å². The van der Waals surface area contributed by atoms with Gasteiger partial charge in [-0.2, -0.15) is 0 Å². The van der Waals surface area contributed by atoms with Gasteiger partial charge in [-0.05, 0) is 49.1 Å². The van der Waals surface area contributed by atoms with Crippen LogP contribution in [0.4, 0.5) is 5.69 Å². The smallest absolute Gasteiger partial charge is 0.119 e. The number of rotatable bonds is 10. The van der Waals surface area contributed by atoms with Crippen LogP contribution in [0.15, 0.2) is 42.5 Å². The molecule has 0 fully saturated rings. The van der Waals surface area contributed by atoms with Crippen LogP contribution in [0.3, 0.4) is 0 Å². The highest BCUT2D eigenvalue weighted by Crippen LogP contribution is 2.21. The van der Waals surface area contributed by atoms with Crippen LogP contribution in [0.2, 0.25) is 0 Å². The lowest BCUT2D eigenvalue weighted by molar-refractivity contribution is 0.304. The van der Waals surface area contributed by atoms with Crippen molar-refractivity contribution in [3.63, 3.8) is 0 Å². The van der Waals surface area contributed by atoms with Gasteiger partial charge in [0.1, 0.15) is 5.75 Å². The zero-order chi connectivity index (χ0) is 17.2. The van der Waals surface area contributed by atoms with Gasteiger partial charge >= 0.3 is 0 Å². The molecule has 0 heterocycles. The first-order valence-corrected chi connectivity index (χ1v) is 9.22. The van der Waals surface area contributed by atoms with Gasteiger partial charge in [0.2, 0.25) is 0 Å². The Morgan fingerprint density at radius 2 is 1.50 bits per heavy atom. The van der Waals surface area contributed by atoms with E-state index in [-0.39, 0.29) is 0 Å². The summed E-state index contributed by atoms with van der Waals surface area (Å²) in [6.45, 7) is 8.19. The molecule has 130 valence electrons. The first-order chi connectivity index (χ1) is 11.7. The zero-order valence-electron chi connectivity index (χ0n) is 15.4. The lowest BCUT2D eigenvalue weighted by atomic mass is 10.1. The van der Waals surface area contributed by atoms with Crippen LogP contribution < -0.4 is 10.1 Å². The van der Waals surface area contributed by atoms with Gasteiger partial charge in [-0.1, -0.05) is 62.9 Å². The molecule has 0 aliphatic heterocycles. The molecule has 2 rings (SSSR count). The number of anilines is 1. The fourth-order valence-electron chi connectivity index (χ4n) is 2.88. The number of ether oxygens (including phenoxy) is 1. The molecule has 1 N–H and O–H groups in total. The Morgan fingerprint density at radius 3 is 2.17 bits per heavy atom. The highest BCUT2D eigenvalue weighted by atomic mass is 16.5. The van der Waals surface area contributed by atoms with Gasteiger partial charge in [0.05, 0.1) is 6.61 Å². The van der Waals surface area contributed by atoms with E-state index in [1.54, 1.807) is 0 Å². The number of aryl methyl sites for hydroxylation is 2. The van der Waals surface area contributed by atoms with E-state index in [0.717, 1.165) is 25.3 Å². The Balaban J connectivity index is 1.76. The number of nitrogens with one attached hydrogen (secondary N) is 1. The third kappa shape index (κ3) is 5.92. The van der Waals surface area contributed by atoms with E-state index in [4.69, 9.17) is 4.74 Å². The summed E-state index contributed by atoms with van der Waals surface area (Å²) in [6.07, 6.45) is 6.37. The van der Waals surface area contributed by atoms with Gasteiger partial charge in [-0.25, -0.2) is 0 Å². The standard InChI is InChI=1S/C22H31NO/c1-4-5-6-7-8-16-24-21-14-12-20(13-15-21)17-23-22-18(2)10-9-11-19(22)3/h9-15,23H,4-8,16-17H2,1-3H3. The van der Waals surface area contributed by atoms with Gasteiger partial charge in [0, 0.05) is 12.2 Å². The molecule has 0 aliphatic rings. The zero-order valence-corrected chi connectivity index (χ0v) is 15.4. The minimum Gasteiger partial charge on any atom is -0.494 e. The Kier molecular flexibility index (Phi) is 7.67. The van der Waals surface area contributed by atoms with E-state index in [2.05, 4.69) is 68.6 Å². The molecule has 2 nitrogen and oxygen atoms in total. The molecule has 0 amide bonds. The summed E-state index contributed by atoms with van der Waals surface area (Å²) < 4.78 is 5.82. The average molecular weight is 325 g/mol. The van der Waals surface area contributed by atoms with E-state index < -0.39 is 0 Å². The molecule has 0 aromatic heterocycles.